The van der Waals surface area contributed by atoms with Gasteiger partial charge >= 0.3 is 0 Å². The summed E-state index contributed by atoms with van der Waals surface area (Å²) in [7, 11) is 0. The molecule has 7 heteroatoms. The molecule has 0 unspecified atom stereocenters. The molecule has 1 heterocycles. The number of hydrogen-bond donors (Lipinski definition) is 2. The van der Waals surface area contributed by atoms with Crippen LogP contribution in [0.25, 0.3) is 0 Å². The summed E-state index contributed by atoms with van der Waals surface area (Å²) >= 11 is 5.53. The Labute approximate surface area is 85.5 Å². The number of hydrogen-bond acceptors (Lipinski definition) is 4. The molecule has 0 radical (unpaired) electrons. The van der Waals surface area contributed by atoms with E-state index in [4.69, 9.17) is 16.4 Å². The lowest BCUT2D eigenvalue weighted by Crippen LogP contribution is -2.07. The lowest BCUT2D eigenvalue weighted by atomic mass is 10.5. The van der Waals surface area contributed by atoms with Gasteiger partial charge in [-0.15, -0.1) is 0 Å². The average Bonchev–Trinajstić information content (AvgIpc) is 2.03. The number of carbonyl (C=O) groups is 2. The Hall–Kier alpha value is -1.69. The van der Waals surface area contributed by atoms with Crippen LogP contribution >= 0.6 is 11.6 Å². The Morgan fingerprint density at radius 3 is 2.64 bits per heavy atom. The molecule has 0 aliphatic rings. The maximum atomic E-state index is 10.5. The van der Waals surface area contributed by atoms with Crippen LogP contribution in [-0.4, -0.2) is 22.3 Å². The number of amides is 2. The van der Waals surface area contributed by atoms with Crippen molar-refractivity contribution < 1.29 is 9.59 Å². The highest BCUT2D eigenvalue weighted by Gasteiger charge is 1.96. The molecule has 14 heavy (non-hydrogen) atoms. The summed E-state index contributed by atoms with van der Waals surface area (Å²) in [5.74, 6) is 0.234. The Bertz CT molecular complexity index is 318. The standard InChI is InChI=1S/C6H6ClN3O.CH3NO/c1-4(11)10-6-2-5(7)8-3-9-6;2-1-3/h2-3H,1H3,(H,8,9,10,11);1H,(H2,2,3). The minimum atomic E-state index is -0.181. The second-order valence-electron chi connectivity index (χ2n) is 2.04. The summed E-state index contributed by atoms with van der Waals surface area (Å²) in [6.45, 7) is 1.40. The molecule has 3 N–H and O–H groups in total. The molecule has 0 fully saturated rings. The molecule has 0 atom stereocenters. The van der Waals surface area contributed by atoms with Crippen LogP contribution in [0.15, 0.2) is 12.4 Å². The van der Waals surface area contributed by atoms with Crippen LogP contribution < -0.4 is 11.1 Å². The van der Waals surface area contributed by atoms with Gasteiger partial charge in [-0.2, -0.15) is 0 Å². The number of primary amides is 1. The molecule has 0 bridgehead atoms. The molecule has 1 aromatic rings. The molecule has 6 nitrogen and oxygen atoms in total. The number of rotatable bonds is 1. The number of nitrogens with one attached hydrogen (secondary N) is 1. The topological polar surface area (TPSA) is 98.0 Å². The van der Waals surface area contributed by atoms with E-state index >= 15 is 0 Å². The van der Waals surface area contributed by atoms with Crippen molar-refractivity contribution in [1.29, 1.82) is 0 Å². The van der Waals surface area contributed by atoms with Gasteiger partial charge in [-0.05, 0) is 0 Å². The van der Waals surface area contributed by atoms with Gasteiger partial charge < -0.3 is 11.1 Å². The Balaban J connectivity index is 0.000000500. The number of carbonyl (C=O) groups excluding carboxylic acids is 2. The quantitative estimate of drug-likeness (QED) is 0.517. The number of halogens is 1. The van der Waals surface area contributed by atoms with E-state index in [-0.39, 0.29) is 12.3 Å². The minimum absolute atomic E-state index is 0.181. The van der Waals surface area contributed by atoms with Gasteiger partial charge in [-0.3, -0.25) is 9.59 Å². The lowest BCUT2D eigenvalue weighted by Gasteiger charge is -1.98. The van der Waals surface area contributed by atoms with E-state index in [1.165, 1.54) is 19.3 Å². The van der Waals surface area contributed by atoms with Crippen LogP contribution in [0, 0.1) is 0 Å². The first-order valence-corrected chi connectivity index (χ1v) is 3.88. The van der Waals surface area contributed by atoms with Gasteiger partial charge in [0.05, 0.1) is 0 Å². The Morgan fingerprint density at radius 2 is 2.21 bits per heavy atom. The second-order valence-corrected chi connectivity index (χ2v) is 2.43. The van der Waals surface area contributed by atoms with Crippen molar-refractivity contribution >= 4 is 29.7 Å². The second kappa shape index (κ2) is 6.79. The van der Waals surface area contributed by atoms with Crippen LogP contribution in [0.4, 0.5) is 5.82 Å². The summed E-state index contributed by atoms with van der Waals surface area (Å²) in [6, 6.07) is 1.48. The first-order valence-electron chi connectivity index (χ1n) is 3.50. The van der Waals surface area contributed by atoms with E-state index in [1.54, 1.807) is 0 Å². The van der Waals surface area contributed by atoms with Gasteiger partial charge in [0.2, 0.25) is 12.3 Å². The molecular weight excluding hydrogens is 208 g/mol. The van der Waals surface area contributed by atoms with E-state index in [1.807, 2.05) is 0 Å². The van der Waals surface area contributed by atoms with Crippen molar-refractivity contribution in [3.63, 3.8) is 0 Å². The van der Waals surface area contributed by atoms with E-state index in [2.05, 4.69) is 21.0 Å². The summed E-state index contributed by atoms with van der Waals surface area (Å²) in [5.41, 5.74) is 4.17. The average molecular weight is 217 g/mol. The maximum absolute atomic E-state index is 10.5. The van der Waals surface area contributed by atoms with E-state index in [0.717, 1.165) is 0 Å². The predicted octanol–water partition coefficient (Wildman–Crippen LogP) is 0.190. The first-order chi connectivity index (χ1) is 6.60. The summed E-state index contributed by atoms with van der Waals surface area (Å²) in [6.07, 6.45) is 1.54. The molecular formula is C7H9ClN4O2. The SMILES string of the molecule is CC(=O)Nc1cc(Cl)ncn1.NC=O. The molecule has 0 saturated heterocycles. The Morgan fingerprint density at radius 1 is 1.64 bits per heavy atom. The third-order valence-electron chi connectivity index (χ3n) is 0.938. The van der Waals surface area contributed by atoms with Crippen LogP contribution in [0.3, 0.4) is 0 Å². The molecule has 2 amide bonds. The zero-order valence-corrected chi connectivity index (χ0v) is 8.15. The van der Waals surface area contributed by atoms with Gasteiger partial charge in [0, 0.05) is 13.0 Å². The van der Waals surface area contributed by atoms with Crippen LogP contribution in [-0.2, 0) is 9.59 Å². The number of nitrogens with zero attached hydrogens (tertiary/aromatic N) is 2. The van der Waals surface area contributed by atoms with Crippen molar-refractivity contribution in [3.05, 3.63) is 17.5 Å². The van der Waals surface area contributed by atoms with Crippen LogP contribution in [0.2, 0.25) is 5.15 Å². The van der Waals surface area contributed by atoms with Crippen LogP contribution in [0.5, 0.6) is 0 Å². The number of aromatic nitrogens is 2. The minimum Gasteiger partial charge on any atom is -0.372 e. The van der Waals surface area contributed by atoms with Crippen molar-refractivity contribution in [2.75, 3.05) is 5.32 Å². The lowest BCUT2D eigenvalue weighted by molar-refractivity contribution is -0.114. The molecule has 0 aliphatic carbocycles. The highest BCUT2D eigenvalue weighted by atomic mass is 35.5. The van der Waals surface area contributed by atoms with Gasteiger partial charge in [-0.1, -0.05) is 11.6 Å². The monoisotopic (exact) mass is 216 g/mol. The number of anilines is 1. The normalized spacial score (nSPS) is 8.14. The van der Waals surface area contributed by atoms with Gasteiger partial charge in [0.25, 0.3) is 0 Å². The third kappa shape index (κ3) is 5.90. The molecule has 0 aliphatic heterocycles. The van der Waals surface area contributed by atoms with Gasteiger partial charge in [-0.25, -0.2) is 9.97 Å². The fraction of sp³-hybridized carbons (Fsp3) is 0.143. The highest BCUT2D eigenvalue weighted by molar-refractivity contribution is 6.29. The van der Waals surface area contributed by atoms with Crippen LogP contribution in [0.1, 0.15) is 6.92 Å². The van der Waals surface area contributed by atoms with Crippen molar-refractivity contribution in [2.24, 2.45) is 5.73 Å². The third-order valence-corrected chi connectivity index (χ3v) is 1.14. The largest absolute Gasteiger partial charge is 0.372 e. The zero-order chi connectivity index (χ0) is 11.0. The smallest absolute Gasteiger partial charge is 0.222 e. The molecule has 0 aromatic carbocycles. The van der Waals surface area contributed by atoms with Gasteiger partial charge in [0.1, 0.15) is 17.3 Å². The first kappa shape index (κ1) is 12.3. The van der Waals surface area contributed by atoms with E-state index in [0.29, 0.717) is 11.0 Å². The number of nitrogens with two attached hydrogens (primary N) is 1. The van der Waals surface area contributed by atoms with Crippen molar-refractivity contribution in [3.8, 4) is 0 Å². The fourth-order valence-electron chi connectivity index (χ4n) is 0.582. The summed E-state index contributed by atoms with van der Waals surface area (Å²) in [5, 5.41) is 2.78. The van der Waals surface area contributed by atoms with Crippen molar-refractivity contribution in [2.45, 2.75) is 6.92 Å². The zero-order valence-electron chi connectivity index (χ0n) is 7.40. The van der Waals surface area contributed by atoms with Gasteiger partial charge in [0.15, 0.2) is 0 Å². The predicted molar refractivity (Wildman–Crippen MR) is 51.6 cm³/mol. The van der Waals surface area contributed by atoms with E-state index < -0.39 is 0 Å². The molecule has 1 aromatic heterocycles. The van der Waals surface area contributed by atoms with Crippen molar-refractivity contribution in [1.82, 2.24) is 9.97 Å². The summed E-state index contributed by atoms with van der Waals surface area (Å²) in [4.78, 5) is 26.5. The molecule has 76 valence electrons. The maximum Gasteiger partial charge on any atom is 0.222 e. The summed E-state index contributed by atoms with van der Waals surface area (Å²) < 4.78 is 0. The molecule has 0 spiro atoms. The Kier molecular flexibility index (Phi) is 5.97. The molecule has 0 saturated carbocycles. The van der Waals surface area contributed by atoms with E-state index in [9.17, 15) is 4.79 Å². The highest BCUT2D eigenvalue weighted by Crippen LogP contribution is 2.07. The molecule has 1 rings (SSSR count). The fourth-order valence-corrected chi connectivity index (χ4v) is 0.729.